The summed E-state index contributed by atoms with van der Waals surface area (Å²) in [7, 11) is 0. The molecule has 0 aliphatic carbocycles. The van der Waals surface area contributed by atoms with Crippen LogP contribution < -0.4 is 9.47 Å². The normalized spacial score (nSPS) is 16.6. The van der Waals surface area contributed by atoms with E-state index >= 15 is 0 Å². The Hall–Kier alpha value is -3.08. The van der Waals surface area contributed by atoms with Crippen molar-refractivity contribution in [3.8, 4) is 11.5 Å². The predicted molar refractivity (Wildman–Crippen MR) is 99.3 cm³/mol. The minimum atomic E-state index is -4.75. The fourth-order valence-electron chi connectivity index (χ4n) is 3.10. The Morgan fingerprint density at radius 1 is 1.27 bits per heavy atom. The second-order valence-corrected chi connectivity index (χ2v) is 7.47. The molecule has 1 saturated heterocycles. The fraction of sp³-hybridized carbons (Fsp3) is 0.316. The van der Waals surface area contributed by atoms with Gasteiger partial charge in [0.25, 0.3) is 5.91 Å². The summed E-state index contributed by atoms with van der Waals surface area (Å²) in [4.78, 5) is 22.8. The minimum Gasteiger partial charge on any atom is -0.484 e. The SMILES string of the molecule is O=C(c1coc(COc2ccc(OC(F)(F)F)cc2)n1)N1CCC(c2nccs2)C1. The Kier molecular flexibility index (Phi) is 5.62. The highest BCUT2D eigenvalue weighted by molar-refractivity contribution is 7.09. The number of hydrogen-bond donors (Lipinski definition) is 0. The molecule has 0 saturated carbocycles. The van der Waals surface area contributed by atoms with E-state index in [1.54, 1.807) is 22.4 Å². The molecule has 1 atom stereocenters. The van der Waals surface area contributed by atoms with Crippen molar-refractivity contribution >= 4 is 17.2 Å². The first-order valence-electron chi connectivity index (χ1n) is 8.99. The molecule has 0 bridgehead atoms. The van der Waals surface area contributed by atoms with E-state index < -0.39 is 6.36 Å². The van der Waals surface area contributed by atoms with E-state index in [1.165, 1.54) is 18.4 Å². The van der Waals surface area contributed by atoms with Gasteiger partial charge < -0.3 is 18.8 Å². The van der Waals surface area contributed by atoms with Crippen molar-refractivity contribution in [1.82, 2.24) is 14.9 Å². The molecular formula is C19H16F3N3O4S. The lowest BCUT2D eigenvalue weighted by molar-refractivity contribution is -0.274. The zero-order valence-electron chi connectivity index (χ0n) is 15.5. The van der Waals surface area contributed by atoms with Gasteiger partial charge in [-0.3, -0.25) is 4.79 Å². The quantitative estimate of drug-likeness (QED) is 0.572. The largest absolute Gasteiger partial charge is 0.573 e. The standard InChI is InChI=1S/C19H16F3N3O4S/c20-19(21,22)29-14-3-1-13(2-4-14)27-11-16-24-15(10-28-16)18(26)25-7-5-12(9-25)17-23-6-8-30-17/h1-4,6,8,10,12H,5,7,9,11H2. The lowest BCUT2D eigenvalue weighted by Crippen LogP contribution is -2.28. The molecule has 158 valence electrons. The predicted octanol–water partition coefficient (Wildman–Crippen LogP) is 4.24. The van der Waals surface area contributed by atoms with Crippen molar-refractivity contribution in [2.45, 2.75) is 25.3 Å². The number of aromatic nitrogens is 2. The number of oxazole rings is 1. The summed E-state index contributed by atoms with van der Waals surface area (Å²) in [5.41, 5.74) is 0.183. The number of thiazole rings is 1. The Balaban J connectivity index is 1.30. The van der Waals surface area contributed by atoms with E-state index in [2.05, 4.69) is 14.7 Å². The van der Waals surface area contributed by atoms with Gasteiger partial charge in [-0.05, 0) is 30.7 Å². The van der Waals surface area contributed by atoms with Crippen molar-refractivity contribution in [2.24, 2.45) is 0 Å². The van der Waals surface area contributed by atoms with Crippen LogP contribution >= 0.6 is 11.3 Å². The van der Waals surface area contributed by atoms with Gasteiger partial charge >= 0.3 is 6.36 Å². The number of carbonyl (C=O) groups is 1. The first-order valence-corrected chi connectivity index (χ1v) is 9.87. The lowest BCUT2D eigenvalue weighted by atomic mass is 10.1. The number of benzene rings is 1. The lowest BCUT2D eigenvalue weighted by Gasteiger charge is -2.14. The van der Waals surface area contributed by atoms with Gasteiger partial charge in [0.2, 0.25) is 5.89 Å². The van der Waals surface area contributed by atoms with E-state index in [0.717, 1.165) is 23.6 Å². The number of rotatable bonds is 6. The molecular weight excluding hydrogens is 423 g/mol. The van der Waals surface area contributed by atoms with Gasteiger partial charge in [0.15, 0.2) is 12.3 Å². The monoisotopic (exact) mass is 439 g/mol. The molecule has 3 aromatic rings. The van der Waals surface area contributed by atoms with E-state index in [-0.39, 0.29) is 35.8 Å². The van der Waals surface area contributed by atoms with Crippen molar-refractivity contribution in [3.05, 3.63) is 58.7 Å². The maximum atomic E-state index is 12.6. The van der Waals surface area contributed by atoms with Gasteiger partial charge in [-0.15, -0.1) is 24.5 Å². The maximum absolute atomic E-state index is 12.6. The van der Waals surface area contributed by atoms with Crippen LogP contribution in [0.1, 0.15) is 33.7 Å². The van der Waals surface area contributed by atoms with Crippen LogP contribution in [0.15, 0.2) is 46.5 Å². The zero-order valence-corrected chi connectivity index (χ0v) is 16.3. The third kappa shape index (κ3) is 4.90. The second kappa shape index (κ2) is 8.34. The summed E-state index contributed by atoms with van der Waals surface area (Å²) in [6.07, 6.45) is -0.872. The van der Waals surface area contributed by atoms with E-state index in [9.17, 15) is 18.0 Å². The van der Waals surface area contributed by atoms with Crippen molar-refractivity contribution in [2.75, 3.05) is 13.1 Å². The molecule has 1 fully saturated rings. The molecule has 1 amide bonds. The number of likely N-dealkylation sites (tertiary alicyclic amines) is 1. The summed E-state index contributed by atoms with van der Waals surface area (Å²) in [5, 5.41) is 2.94. The van der Waals surface area contributed by atoms with Gasteiger partial charge in [-0.1, -0.05) is 0 Å². The van der Waals surface area contributed by atoms with Gasteiger partial charge in [0, 0.05) is 30.6 Å². The van der Waals surface area contributed by atoms with Gasteiger partial charge in [-0.2, -0.15) is 0 Å². The number of alkyl halides is 3. The van der Waals surface area contributed by atoms with Gasteiger partial charge in [0.1, 0.15) is 17.8 Å². The van der Waals surface area contributed by atoms with Crippen molar-refractivity contribution in [1.29, 1.82) is 0 Å². The van der Waals surface area contributed by atoms with Gasteiger partial charge in [-0.25, -0.2) is 9.97 Å². The Labute approximate surface area is 173 Å². The van der Waals surface area contributed by atoms with Crippen LogP contribution in [0.25, 0.3) is 0 Å². The number of amides is 1. The summed E-state index contributed by atoms with van der Waals surface area (Å²) in [6, 6.07) is 4.94. The summed E-state index contributed by atoms with van der Waals surface area (Å²) in [5.74, 6) is 0.150. The molecule has 0 spiro atoms. The van der Waals surface area contributed by atoms with Crippen LogP contribution in [0.4, 0.5) is 13.2 Å². The molecule has 0 N–H and O–H groups in total. The third-order valence-corrected chi connectivity index (χ3v) is 5.40. The highest BCUT2D eigenvalue weighted by Crippen LogP contribution is 2.29. The fourth-order valence-corrected chi connectivity index (χ4v) is 3.87. The first kappa shape index (κ1) is 20.2. The Morgan fingerprint density at radius 2 is 2.03 bits per heavy atom. The van der Waals surface area contributed by atoms with Crippen molar-refractivity contribution in [3.63, 3.8) is 0 Å². The van der Waals surface area contributed by atoms with E-state index in [1.807, 2.05) is 5.38 Å². The van der Waals surface area contributed by atoms with Crippen LogP contribution in [0.3, 0.4) is 0 Å². The van der Waals surface area contributed by atoms with Crippen molar-refractivity contribution < 1.29 is 31.9 Å². The number of hydrogen-bond acceptors (Lipinski definition) is 7. The molecule has 3 heterocycles. The van der Waals surface area contributed by atoms with E-state index in [4.69, 9.17) is 9.15 Å². The number of ether oxygens (including phenoxy) is 2. The highest BCUT2D eigenvalue weighted by atomic mass is 32.1. The second-order valence-electron chi connectivity index (χ2n) is 6.54. The minimum absolute atomic E-state index is 0.0749. The summed E-state index contributed by atoms with van der Waals surface area (Å²) >= 11 is 1.58. The van der Waals surface area contributed by atoms with Crippen LogP contribution in [0.2, 0.25) is 0 Å². The highest BCUT2D eigenvalue weighted by Gasteiger charge is 2.31. The number of halogens is 3. The summed E-state index contributed by atoms with van der Waals surface area (Å²) in [6.45, 7) is 1.12. The molecule has 1 aliphatic rings. The smallest absolute Gasteiger partial charge is 0.484 e. The zero-order chi connectivity index (χ0) is 21.1. The average Bonchev–Trinajstić information content (AvgIpc) is 3.47. The maximum Gasteiger partial charge on any atom is 0.573 e. The molecule has 2 aromatic heterocycles. The molecule has 7 nitrogen and oxygen atoms in total. The van der Waals surface area contributed by atoms with Crippen LogP contribution in [-0.4, -0.2) is 40.2 Å². The third-order valence-electron chi connectivity index (χ3n) is 4.47. The molecule has 4 rings (SSSR count). The summed E-state index contributed by atoms with van der Waals surface area (Å²) < 4.78 is 51.1. The molecule has 0 radical (unpaired) electrons. The molecule has 1 aliphatic heterocycles. The molecule has 1 aromatic carbocycles. The average molecular weight is 439 g/mol. The topological polar surface area (TPSA) is 77.7 Å². The first-order chi connectivity index (χ1) is 14.4. The molecule has 11 heteroatoms. The van der Waals surface area contributed by atoms with Crippen LogP contribution in [0.5, 0.6) is 11.5 Å². The van der Waals surface area contributed by atoms with E-state index in [0.29, 0.717) is 18.8 Å². The van der Waals surface area contributed by atoms with Gasteiger partial charge in [0.05, 0.1) is 5.01 Å². The van der Waals surface area contributed by atoms with Crippen LogP contribution in [0, 0.1) is 0 Å². The number of carbonyl (C=O) groups excluding carboxylic acids is 1. The molecule has 1 unspecified atom stereocenters. The Bertz CT molecular complexity index is 989. The number of nitrogens with zero attached hydrogens (tertiary/aromatic N) is 3. The molecule has 30 heavy (non-hydrogen) atoms. The Morgan fingerprint density at radius 3 is 2.73 bits per heavy atom. The van der Waals surface area contributed by atoms with Crippen LogP contribution in [-0.2, 0) is 6.61 Å².